The number of ether oxygens (including phenoxy) is 1. The molecule has 6 heteroatoms. The lowest BCUT2D eigenvalue weighted by molar-refractivity contribution is -0.128. The molecular formula is C23H27N3O3. The zero-order valence-corrected chi connectivity index (χ0v) is 16.6. The molecule has 2 heterocycles. The summed E-state index contributed by atoms with van der Waals surface area (Å²) in [6, 6.07) is 15.7. The van der Waals surface area contributed by atoms with Gasteiger partial charge in [0.15, 0.2) is 0 Å². The minimum atomic E-state index is -0.0921. The average Bonchev–Trinajstić information content (AvgIpc) is 3.18. The zero-order chi connectivity index (χ0) is 20.1. The maximum absolute atomic E-state index is 12.6. The molecular weight excluding hydrogens is 366 g/mol. The van der Waals surface area contributed by atoms with Crippen LogP contribution in [-0.4, -0.2) is 49.6 Å². The Morgan fingerprint density at radius 3 is 2.38 bits per heavy atom. The molecule has 152 valence electrons. The number of carbonyl (C=O) groups is 2. The van der Waals surface area contributed by atoms with Crippen molar-refractivity contribution < 1.29 is 14.3 Å². The van der Waals surface area contributed by atoms with Crippen molar-refractivity contribution in [3.05, 3.63) is 65.2 Å². The van der Waals surface area contributed by atoms with Crippen LogP contribution in [0.1, 0.15) is 34.3 Å². The third-order valence-electron chi connectivity index (χ3n) is 5.60. The molecule has 0 unspecified atom stereocenters. The molecule has 2 aliphatic heterocycles. The summed E-state index contributed by atoms with van der Waals surface area (Å²) >= 11 is 0. The molecule has 6 nitrogen and oxygen atoms in total. The van der Waals surface area contributed by atoms with Crippen LogP contribution in [0.2, 0.25) is 0 Å². The zero-order valence-electron chi connectivity index (χ0n) is 16.6. The highest BCUT2D eigenvalue weighted by molar-refractivity contribution is 5.94. The quantitative estimate of drug-likeness (QED) is 0.820. The van der Waals surface area contributed by atoms with Gasteiger partial charge in [0.05, 0.1) is 13.2 Å². The van der Waals surface area contributed by atoms with Crippen LogP contribution in [0.4, 0.5) is 5.69 Å². The molecule has 0 atom stereocenters. The highest BCUT2D eigenvalue weighted by atomic mass is 16.5. The van der Waals surface area contributed by atoms with Crippen molar-refractivity contribution in [2.24, 2.45) is 0 Å². The average molecular weight is 393 g/mol. The Morgan fingerprint density at radius 2 is 1.69 bits per heavy atom. The summed E-state index contributed by atoms with van der Waals surface area (Å²) in [5, 5.41) is 3.01. The number of nitrogens with one attached hydrogen (secondary N) is 1. The summed E-state index contributed by atoms with van der Waals surface area (Å²) in [7, 11) is 0. The molecule has 4 rings (SSSR count). The predicted octanol–water partition coefficient (Wildman–Crippen LogP) is 2.58. The molecule has 2 amide bonds. The van der Waals surface area contributed by atoms with Crippen LogP contribution < -0.4 is 10.2 Å². The molecule has 0 bridgehead atoms. The van der Waals surface area contributed by atoms with Crippen LogP contribution >= 0.6 is 0 Å². The summed E-state index contributed by atoms with van der Waals surface area (Å²) < 4.78 is 5.39. The third-order valence-corrected chi connectivity index (χ3v) is 5.60. The van der Waals surface area contributed by atoms with Gasteiger partial charge in [0.1, 0.15) is 0 Å². The minimum absolute atomic E-state index is 0.0921. The third kappa shape index (κ3) is 4.77. The fraction of sp³-hybridized carbons (Fsp3) is 0.391. The number of amides is 2. The van der Waals surface area contributed by atoms with Crippen molar-refractivity contribution in [3.8, 4) is 0 Å². The lowest BCUT2D eigenvalue weighted by Crippen LogP contribution is -2.36. The molecule has 0 aromatic heterocycles. The van der Waals surface area contributed by atoms with Gasteiger partial charge in [-0.2, -0.15) is 0 Å². The summed E-state index contributed by atoms with van der Waals surface area (Å²) in [5.74, 6) is 0.120. The smallest absolute Gasteiger partial charge is 0.251 e. The van der Waals surface area contributed by atoms with Gasteiger partial charge >= 0.3 is 0 Å². The highest BCUT2D eigenvalue weighted by Gasteiger charge is 2.21. The van der Waals surface area contributed by atoms with Gasteiger partial charge < -0.3 is 19.9 Å². The van der Waals surface area contributed by atoms with Gasteiger partial charge in [-0.25, -0.2) is 0 Å². The van der Waals surface area contributed by atoms with E-state index in [9.17, 15) is 9.59 Å². The number of hydrogen-bond acceptors (Lipinski definition) is 4. The Balaban J connectivity index is 1.36. The SMILES string of the molecule is O=C(NCc1ccccc1CN1CCCC1=O)c1ccc(N2CCOCC2)cc1. The summed E-state index contributed by atoms with van der Waals surface area (Å²) in [5.41, 5.74) is 3.90. The number of nitrogens with zero attached hydrogens (tertiary/aromatic N) is 2. The van der Waals surface area contributed by atoms with Crippen molar-refractivity contribution in [3.63, 3.8) is 0 Å². The molecule has 2 fully saturated rings. The first-order valence-corrected chi connectivity index (χ1v) is 10.3. The van der Waals surface area contributed by atoms with Crippen LogP contribution in [-0.2, 0) is 22.6 Å². The van der Waals surface area contributed by atoms with Crippen molar-refractivity contribution in [1.82, 2.24) is 10.2 Å². The lowest BCUT2D eigenvalue weighted by Gasteiger charge is -2.28. The van der Waals surface area contributed by atoms with Gasteiger partial charge in [-0.3, -0.25) is 9.59 Å². The normalized spacial score (nSPS) is 16.9. The molecule has 2 aliphatic rings. The highest BCUT2D eigenvalue weighted by Crippen LogP contribution is 2.18. The van der Waals surface area contributed by atoms with Crippen LogP contribution in [0.25, 0.3) is 0 Å². The van der Waals surface area contributed by atoms with Crippen LogP contribution in [0.15, 0.2) is 48.5 Å². The summed E-state index contributed by atoms with van der Waals surface area (Å²) in [6.45, 7) is 5.11. The summed E-state index contributed by atoms with van der Waals surface area (Å²) in [6.07, 6.45) is 1.57. The molecule has 29 heavy (non-hydrogen) atoms. The van der Waals surface area contributed by atoms with E-state index in [-0.39, 0.29) is 11.8 Å². The Bertz CT molecular complexity index is 860. The predicted molar refractivity (Wildman–Crippen MR) is 112 cm³/mol. The number of hydrogen-bond donors (Lipinski definition) is 1. The molecule has 0 spiro atoms. The lowest BCUT2D eigenvalue weighted by atomic mass is 10.1. The standard InChI is InChI=1S/C23H27N3O3/c27-22-6-3-11-26(22)17-20-5-2-1-4-19(20)16-24-23(28)18-7-9-21(10-8-18)25-12-14-29-15-13-25/h1-2,4-5,7-10H,3,6,11-17H2,(H,24,28). The van der Waals surface area contributed by atoms with Crippen molar-refractivity contribution >= 4 is 17.5 Å². The van der Waals surface area contributed by atoms with Gasteiger partial charge in [0, 0.05) is 50.4 Å². The molecule has 0 aliphatic carbocycles. The molecule has 0 radical (unpaired) electrons. The molecule has 1 N–H and O–H groups in total. The second-order valence-corrected chi connectivity index (χ2v) is 7.52. The van der Waals surface area contributed by atoms with E-state index in [4.69, 9.17) is 4.74 Å². The largest absolute Gasteiger partial charge is 0.378 e. The van der Waals surface area contributed by atoms with E-state index in [1.54, 1.807) is 0 Å². The first-order valence-electron chi connectivity index (χ1n) is 10.3. The Hall–Kier alpha value is -2.86. The number of rotatable bonds is 6. The van der Waals surface area contributed by atoms with E-state index >= 15 is 0 Å². The topological polar surface area (TPSA) is 61.9 Å². The molecule has 0 saturated carbocycles. The fourth-order valence-corrected chi connectivity index (χ4v) is 3.88. The van der Waals surface area contributed by atoms with E-state index in [0.29, 0.717) is 25.1 Å². The number of anilines is 1. The second kappa shape index (κ2) is 9.09. The van der Waals surface area contributed by atoms with E-state index in [1.807, 2.05) is 53.4 Å². The van der Waals surface area contributed by atoms with Gasteiger partial charge in [-0.05, 0) is 41.8 Å². The first-order chi connectivity index (χ1) is 14.2. The Labute approximate surface area is 171 Å². The maximum Gasteiger partial charge on any atom is 0.251 e. The first kappa shape index (κ1) is 19.5. The Kier molecular flexibility index (Phi) is 6.10. The number of carbonyl (C=O) groups excluding carboxylic acids is 2. The van der Waals surface area contributed by atoms with Gasteiger partial charge in [0.25, 0.3) is 5.91 Å². The monoisotopic (exact) mass is 393 g/mol. The van der Waals surface area contributed by atoms with Gasteiger partial charge in [-0.1, -0.05) is 24.3 Å². The fourth-order valence-electron chi connectivity index (χ4n) is 3.88. The van der Waals surface area contributed by atoms with Crippen molar-refractivity contribution in [2.75, 3.05) is 37.7 Å². The van der Waals surface area contributed by atoms with Crippen LogP contribution in [0.5, 0.6) is 0 Å². The van der Waals surface area contributed by atoms with E-state index in [0.717, 1.165) is 56.1 Å². The summed E-state index contributed by atoms with van der Waals surface area (Å²) in [4.78, 5) is 28.7. The number of morpholine rings is 1. The van der Waals surface area contributed by atoms with Gasteiger partial charge in [-0.15, -0.1) is 0 Å². The van der Waals surface area contributed by atoms with E-state index in [2.05, 4.69) is 10.2 Å². The molecule has 2 aromatic rings. The van der Waals surface area contributed by atoms with Crippen molar-refractivity contribution in [1.29, 1.82) is 0 Å². The van der Waals surface area contributed by atoms with Gasteiger partial charge in [0.2, 0.25) is 5.91 Å². The van der Waals surface area contributed by atoms with E-state index in [1.165, 1.54) is 0 Å². The number of benzene rings is 2. The van der Waals surface area contributed by atoms with Crippen molar-refractivity contribution in [2.45, 2.75) is 25.9 Å². The minimum Gasteiger partial charge on any atom is -0.378 e. The number of likely N-dealkylation sites (tertiary alicyclic amines) is 1. The van der Waals surface area contributed by atoms with Crippen LogP contribution in [0, 0.1) is 0 Å². The molecule has 2 saturated heterocycles. The second-order valence-electron chi connectivity index (χ2n) is 7.52. The molecule has 2 aromatic carbocycles. The maximum atomic E-state index is 12.6. The Morgan fingerprint density at radius 1 is 0.966 bits per heavy atom. The van der Waals surface area contributed by atoms with Crippen LogP contribution in [0.3, 0.4) is 0 Å². The van der Waals surface area contributed by atoms with E-state index < -0.39 is 0 Å².